The van der Waals surface area contributed by atoms with Crippen LogP contribution in [0.2, 0.25) is 0 Å². The van der Waals surface area contributed by atoms with Crippen LogP contribution in [0.1, 0.15) is 44.1 Å². The highest BCUT2D eigenvalue weighted by Gasteiger charge is 2.77. The SMILES string of the molecule is C=CCCCOC(=O)[C@H]1[C@H]2C(=O)N(CCCCCO)C(C(=O)N(CC=C)Cc3ccccc3)C23CC(Br)[C@@H]1O3. The molecule has 3 fully saturated rings. The average Bonchev–Trinajstić information content (AvgIpc) is 3.52. The molecule has 1 N–H and O–H groups in total. The van der Waals surface area contributed by atoms with Gasteiger partial charge in [-0.25, -0.2) is 0 Å². The Morgan fingerprint density at radius 1 is 1.18 bits per heavy atom. The van der Waals surface area contributed by atoms with Crippen LogP contribution < -0.4 is 0 Å². The van der Waals surface area contributed by atoms with Crippen LogP contribution in [-0.2, 0) is 30.4 Å². The molecule has 1 aromatic carbocycles. The third-order valence-electron chi connectivity index (χ3n) is 8.03. The second-order valence-electron chi connectivity index (χ2n) is 10.6. The molecule has 212 valence electrons. The van der Waals surface area contributed by atoms with Gasteiger partial charge >= 0.3 is 5.97 Å². The molecule has 39 heavy (non-hydrogen) atoms. The average molecular weight is 604 g/mol. The van der Waals surface area contributed by atoms with Gasteiger partial charge in [0.05, 0.1) is 24.5 Å². The number of esters is 1. The largest absolute Gasteiger partial charge is 0.465 e. The van der Waals surface area contributed by atoms with Gasteiger partial charge in [0.2, 0.25) is 11.8 Å². The number of amides is 2. The minimum absolute atomic E-state index is 0.0723. The first-order valence-electron chi connectivity index (χ1n) is 13.8. The highest BCUT2D eigenvalue weighted by Crippen LogP contribution is 2.60. The summed E-state index contributed by atoms with van der Waals surface area (Å²) in [6.07, 6.45) is 6.72. The third kappa shape index (κ3) is 5.86. The molecule has 2 bridgehead atoms. The number of hydrogen-bond donors (Lipinski definition) is 1. The molecule has 3 aliphatic rings. The molecule has 3 saturated heterocycles. The summed E-state index contributed by atoms with van der Waals surface area (Å²) in [7, 11) is 0. The van der Waals surface area contributed by atoms with Crippen LogP contribution in [0.4, 0.5) is 0 Å². The Hall–Kier alpha value is -2.49. The first-order valence-corrected chi connectivity index (χ1v) is 14.8. The molecule has 6 atom stereocenters. The summed E-state index contributed by atoms with van der Waals surface area (Å²) in [5.41, 5.74) is -0.151. The second-order valence-corrected chi connectivity index (χ2v) is 11.7. The van der Waals surface area contributed by atoms with E-state index < -0.39 is 35.6 Å². The molecular formula is C30H39BrN2O6. The van der Waals surface area contributed by atoms with Crippen LogP contribution in [0.25, 0.3) is 0 Å². The van der Waals surface area contributed by atoms with Crippen LogP contribution in [0.15, 0.2) is 55.6 Å². The van der Waals surface area contributed by atoms with Crippen LogP contribution in [0, 0.1) is 11.8 Å². The predicted molar refractivity (Wildman–Crippen MR) is 151 cm³/mol. The van der Waals surface area contributed by atoms with E-state index in [0.29, 0.717) is 45.3 Å². The Labute approximate surface area is 239 Å². The van der Waals surface area contributed by atoms with Crippen LogP contribution >= 0.6 is 15.9 Å². The zero-order valence-electron chi connectivity index (χ0n) is 22.4. The van der Waals surface area contributed by atoms with Gasteiger partial charge in [0.25, 0.3) is 0 Å². The molecular weight excluding hydrogens is 564 g/mol. The van der Waals surface area contributed by atoms with E-state index in [-0.39, 0.29) is 29.9 Å². The van der Waals surface area contributed by atoms with Crippen molar-refractivity contribution in [3.63, 3.8) is 0 Å². The monoisotopic (exact) mass is 602 g/mol. The molecule has 0 aliphatic carbocycles. The molecule has 9 heteroatoms. The lowest BCUT2D eigenvalue weighted by atomic mass is 9.70. The van der Waals surface area contributed by atoms with Crippen molar-refractivity contribution in [2.24, 2.45) is 11.8 Å². The van der Waals surface area contributed by atoms with Crippen molar-refractivity contribution in [2.75, 3.05) is 26.3 Å². The van der Waals surface area contributed by atoms with Gasteiger partial charge < -0.3 is 24.4 Å². The van der Waals surface area contributed by atoms with Crippen molar-refractivity contribution in [2.45, 2.75) is 67.6 Å². The predicted octanol–water partition coefficient (Wildman–Crippen LogP) is 3.62. The van der Waals surface area contributed by atoms with E-state index in [0.717, 1.165) is 18.4 Å². The summed E-state index contributed by atoms with van der Waals surface area (Å²) in [6, 6.07) is 8.83. The number of rotatable bonds is 15. The summed E-state index contributed by atoms with van der Waals surface area (Å²) < 4.78 is 12.2. The molecule has 3 heterocycles. The van der Waals surface area contributed by atoms with E-state index in [1.54, 1.807) is 22.0 Å². The third-order valence-corrected chi connectivity index (χ3v) is 8.87. The van der Waals surface area contributed by atoms with Crippen LogP contribution in [-0.4, -0.2) is 81.6 Å². The number of carbonyl (C=O) groups is 3. The van der Waals surface area contributed by atoms with Crippen molar-refractivity contribution in [1.82, 2.24) is 9.80 Å². The number of aliphatic hydroxyl groups is 1. The first-order chi connectivity index (χ1) is 18.9. The lowest BCUT2D eigenvalue weighted by Crippen LogP contribution is -2.56. The fourth-order valence-corrected chi connectivity index (χ4v) is 7.29. The van der Waals surface area contributed by atoms with E-state index in [9.17, 15) is 19.5 Å². The number of ether oxygens (including phenoxy) is 2. The Bertz CT molecular complexity index is 1050. The number of fused-ring (bicyclic) bond motifs is 1. The Morgan fingerprint density at radius 2 is 1.95 bits per heavy atom. The van der Waals surface area contributed by atoms with Gasteiger partial charge in [0, 0.05) is 31.1 Å². The van der Waals surface area contributed by atoms with E-state index in [2.05, 4.69) is 29.1 Å². The first kappa shape index (κ1) is 29.5. The van der Waals surface area contributed by atoms with E-state index in [1.165, 1.54) is 0 Å². The van der Waals surface area contributed by atoms with Crippen LogP contribution in [0.5, 0.6) is 0 Å². The Kier molecular flexibility index (Phi) is 10.0. The molecule has 0 saturated carbocycles. The molecule has 8 nitrogen and oxygen atoms in total. The van der Waals surface area contributed by atoms with Crippen molar-refractivity contribution in [3.8, 4) is 0 Å². The fraction of sp³-hybridized carbons (Fsp3) is 0.567. The van der Waals surface area contributed by atoms with Gasteiger partial charge in [0.1, 0.15) is 11.6 Å². The van der Waals surface area contributed by atoms with Gasteiger partial charge in [-0.3, -0.25) is 14.4 Å². The molecule has 3 aliphatic heterocycles. The number of aliphatic hydroxyl groups excluding tert-OH is 1. The van der Waals surface area contributed by atoms with Crippen LogP contribution in [0.3, 0.4) is 0 Å². The van der Waals surface area contributed by atoms with Crippen molar-refractivity contribution < 1.29 is 29.0 Å². The smallest absolute Gasteiger partial charge is 0.312 e. The van der Waals surface area contributed by atoms with Crippen molar-refractivity contribution in [1.29, 1.82) is 0 Å². The summed E-state index contributed by atoms with van der Waals surface area (Å²) in [5, 5.41) is 9.24. The molecule has 0 radical (unpaired) electrons. The van der Waals surface area contributed by atoms with Gasteiger partial charge in [-0.15, -0.1) is 13.2 Å². The Morgan fingerprint density at radius 3 is 2.64 bits per heavy atom. The number of benzene rings is 1. The maximum absolute atomic E-state index is 14.4. The Balaban J connectivity index is 1.65. The number of carbonyl (C=O) groups excluding carboxylic acids is 3. The molecule has 4 rings (SSSR count). The summed E-state index contributed by atoms with van der Waals surface area (Å²) >= 11 is 3.69. The maximum Gasteiger partial charge on any atom is 0.312 e. The highest BCUT2D eigenvalue weighted by molar-refractivity contribution is 9.09. The number of alkyl halides is 1. The van der Waals surface area contributed by atoms with Crippen molar-refractivity contribution >= 4 is 33.7 Å². The second kappa shape index (κ2) is 13.2. The van der Waals surface area contributed by atoms with E-state index in [1.807, 2.05) is 30.3 Å². The quantitative estimate of drug-likeness (QED) is 0.143. The van der Waals surface area contributed by atoms with Gasteiger partial charge in [-0.05, 0) is 44.1 Å². The summed E-state index contributed by atoms with van der Waals surface area (Å²) in [4.78, 5) is 44.9. The fourth-order valence-electron chi connectivity index (χ4n) is 6.35. The van der Waals surface area contributed by atoms with Gasteiger partial charge in [0.15, 0.2) is 0 Å². The van der Waals surface area contributed by atoms with Gasteiger partial charge in [-0.2, -0.15) is 0 Å². The summed E-state index contributed by atoms with van der Waals surface area (Å²) in [5.74, 6) is -2.45. The standard InChI is InChI=1S/C30H39BrN2O6/c1-3-5-12-18-38-29(37)23-24-27(35)33(16-10-7-11-17-34)26(30(24)19-22(31)25(23)39-30)28(36)32(15-4-2)20-21-13-8-6-9-14-21/h3-4,6,8-9,13-14,22-26,34H,1-2,5,7,10-12,15-20H2/t22?,23-,24-,25-,26?,30?/m0/s1. The zero-order chi connectivity index (χ0) is 28.0. The molecule has 2 amide bonds. The summed E-state index contributed by atoms with van der Waals surface area (Å²) in [6.45, 7) is 8.89. The van der Waals surface area contributed by atoms with E-state index in [4.69, 9.17) is 9.47 Å². The lowest BCUT2D eigenvalue weighted by molar-refractivity contribution is -0.155. The normalized spacial score (nSPS) is 28.8. The van der Waals surface area contributed by atoms with Gasteiger partial charge in [-0.1, -0.05) is 58.4 Å². The number of allylic oxidation sites excluding steroid dienone is 1. The minimum atomic E-state index is -1.12. The number of likely N-dealkylation sites (tertiary alicyclic amines) is 1. The zero-order valence-corrected chi connectivity index (χ0v) is 24.0. The van der Waals surface area contributed by atoms with Crippen molar-refractivity contribution in [3.05, 3.63) is 61.2 Å². The number of unbranched alkanes of at least 4 members (excludes halogenated alkanes) is 3. The molecule has 1 aromatic rings. The van der Waals surface area contributed by atoms with E-state index >= 15 is 0 Å². The number of hydrogen-bond acceptors (Lipinski definition) is 6. The molecule has 1 spiro atoms. The number of halogens is 1. The number of nitrogens with zero attached hydrogens (tertiary/aromatic N) is 2. The molecule has 0 aromatic heterocycles. The topological polar surface area (TPSA) is 96.4 Å². The minimum Gasteiger partial charge on any atom is -0.465 e. The molecule has 3 unspecified atom stereocenters. The lowest BCUT2D eigenvalue weighted by Gasteiger charge is -2.37. The highest BCUT2D eigenvalue weighted by atomic mass is 79.9. The maximum atomic E-state index is 14.4.